The van der Waals surface area contributed by atoms with Crippen LogP contribution in [0.25, 0.3) is 0 Å². The average molecular weight is 368 g/mol. The minimum absolute atomic E-state index is 0.220. The van der Waals surface area contributed by atoms with Gasteiger partial charge in [0.15, 0.2) is 0 Å². The van der Waals surface area contributed by atoms with Crippen LogP contribution in [-0.2, 0) is 14.3 Å². The third-order valence-electron chi connectivity index (χ3n) is 4.57. The predicted molar refractivity (Wildman–Crippen MR) is 109 cm³/mol. The molecular formula is C22H41NO3. The Morgan fingerprint density at radius 1 is 0.808 bits per heavy atom. The molecule has 0 aliphatic heterocycles. The summed E-state index contributed by atoms with van der Waals surface area (Å²) in [7, 11) is 0. The fourth-order valence-electron chi connectivity index (χ4n) is 2.91. The van der Waals surface area contributed by atoms with Crippen molar-refractivity contribution >= 4 is 11.9 Å². The summed E-state index contributed by atoms with van der Waals surface area (Å²) in [6.45, 7) is 6.42. The molecule has 1 N–H and O–H groups in total. The van der Waals surface area contributed by atoms with Gasteiger partial charge in [0.2, 0.25) is 5.91 Å². The van der Waals surface area contributed by atoms with Crippen LogP contribution < -0.4 is 5.32 Å². The van der Waals surface area contributed by atoms with Gasteiger partial charge < -0.3 is 10.1 Å². The molecule has 0 aliphatic carbocycles. The van der Waals surface area contributed by atoms with Gasteiger partial charge >= 0.3 is 5.97 Å². The van der Waals surface area contributed by atoms with E-state index in [0.717, 1.165) is 12.8 Å². The molecule has 0 aliphatic rings. The zero-order valence-corrected chi connectivity index (χ0v) is 17.0. The molecule has 0 aromatic heterocycles. The van der Waals surface area contributed by atoms with Crippen LogP contribution in [-0.4, -0.2) is 25.0 Å². The summed E-state index contributed by atoms with van der Waals surface area (Å²) in [5, 5.41) is 2.56. The predicted octanol–water partition coefficient (Wildman–Crippen LogP) is 5.70. The number of amides is 1. The number of hydrogen-bond donors (Lipinski definition) is 1. The minimum Gasteiger partial charge on any atom is -0.466 e. The number of carbonyl (C=O) groups is 2. The fourth-order valence-corrected chi connectivity index (χ4v) is 2.91. The molecule has 0 heterocycles. The molecule has 26 heavy (non-hydrogen) atoms. The van der Waals surface area contributed by atoms with Gasteiger partial charge in [0.25, 0.3) is 0 Å². The van der Waals surface area contributed by atoms with Gasteiger partial charge in [-0.25, -0.2) is 0 Å². The number of ether oxygens (including phenoxy) is 1. The summed E-state index contributed by atoms with van der Waals surface area (Å²) in [4.78, 5) is 22.4. The van der Waals surface area contributed by atoms with Crippen molar-refractivity contribution in [3.8, 4) is 0 Å². The number of carbonyl (C=O) groups excluding carboxylic acids is 2. The van der Waals surface area contributed by atoms with Crippen LogP contribution in [0.5, 0.6) is 0 Å². The van der Waals surface area contributed by atoms with Crippen molar-refractivity contribution in [1.29, 1.82) is 0 Å². The lowest BCUT2D eigenvalue weighted by molar-refractivity contribution is -0.143. The minimum atomic E-state index is -0.259. The van der Waals surface area contributed by atoms with E-state index >= 15 is 0 Å². The topological polar surface area (TPSA) is 55.4 Å². The maximum absolute atomic E-state index is 11.4. The van der Waals surface area contributed by atoms with Gasteiger partial charge in [-0.1, -0.05) is 97.0 Å². The Morgan fingerprint density at radius 3 is 1.73 bits per heavy atom. The quantitative estimate of drug-likeness (QED) is 0.181. The number of unbranched alkanes of at least 4 members (excludes halogenated alkanes) is 13. The molecule has 0 aromatic rings. The maximum Gasteiger partial charge on any atom is 0.307 e. The number of hydrogen-bond acceptors (Lipinski definition) is 3. The average Bonchev–Trinajstić information content (AvgIpc) is 2.64. The molecule has 4 heteroatoms. The Balaban J connectivity index is 3.16. The largest absolute Gasteiger partial charge is 0.466 e. The molecule has 152 valence electrons. The Bertz CT molecular complexity index is 355. The summed E-state index contributed by atoms with van der Waals surface area (Å²) in [5.74, 6) is -0.506. The van der Waals surface area contributed by atoms with E-state index in [0.29, 0.717) is 13.2 Å². The second-order valence-electron chi connectivity index (χ2n) is 7.06. The highest BCUT2D eigenvalue weighted by Gasteiger charge is 2.03. The maximum atomic E-state index is 11.4. The van der Waals surface area contributed by atoms with Crippen molar-refractivity contribution in [2.24, 2.45) is 0 Å². The smallest absolute Gasteiger partial charge is 0.307 e. The number of esters is 1. The summed E-state index contributed by atoms with van der Waals surface area (Å²) in [6, 6.07) is 0. The van der Waals surface area contributed by atoms with Crippen LogP contribution in [0.4, 0.5) is 0 Å². The van der Waals surface area contributed by atoms with Crippen molar-refractivity contribution in [3.05, 3.63) is 12.7 Å². The van der Waals surface area contributed by atoms with Gasteiger partial charge in [-0.15, -0.1) is 0 Å². The van der Waals surface area contributed by atoms with E-state index in [-0.39, 0.29) is 18.3 Å². The van der Waals surface area contributed by atoms with E-state index in [1.54, 1.807) is 0 Å². The molecule has 1 amide bonds. The molecule has 0 saturated heterocycles. The lowest BCUT2D eigenvalue weighted by atomic mass is 10.0. The first-order valence-electron chi connectivity index (χ1n) is 10.8. The van der Waals surface area contributed by atoms with Crippen molar-refractivity contribution in [2.75, 3.05) is 13.2 Å². The van der Waals surface area contributed by atoms with E-state index in [9.17, 15) is 9.59 Å². The molecule has 0 bridgehead atoms. The molecule has 0 unspecified atom stereocenters. The fraction of sp³-hybridized carbons (Fsp3) is 0.818. The van der Waals surface area contributed by atoms with Gasteiger partial charge in [-0.05, 0) is 12.5 Å². The van der Waals surface area contributed by atoms with Gasteiger partial charge in [0.05, 0.1) is 13.0 Å². The third-order valence-corrected chi connectivity index (χ3v) is 4.57. The Morgan fingerprint density at radius 2 is 1.27 bits per heavy atom. The van der Waals surface area contributed by atoms with Gasteiger partial charge in [-0.2, -0.15) is 0 Å². The van der Waals surface area contributed by atoms with Crippen molar-refractivity contribution in [1.82, 2.24) is 5.32 Å². The molecule has 0 rings (SSSR count). The lowest BCUT2D eigenvalue weighted by Crippen LogP contribution is -2.24. The van der Waals surface area contributed by atoms with E-state index in [1.165, 1.54) is 83.1 Å². The second kappa shape index (κ2) is 20.0. The van der Waals surface area contributed by atoms with Gasteiger partial charge in [-0.3, -0.25) is 9.59 Å². The number of rotatable bonds is 19. The molecule has 0 aromatic carbocycles. The van der Waals surface area contributed by atoms with Crippen LogP contribution in [0.3, 0.4) is 0 Å². The summed E-state index contributed by atoms with van der Waals surface area (Å²) >= 11 is 0. The van der Waals surface area contributed by atoms with Gasteiger partial charge in [0, 0.05) is 6.54 Å². The van der Waals surface area contributed by atoms with Crippen LogP contribution in [0.1, 0.15) is 103 Å². The zero-order chi connectivity index (χ0) is 19.3. The molecule has 0 fully saturated rings. The summed E-state index contributed by atoms with van der Waals surface area (Å²) < 4.78 is 5.15. The SMILES string of the molecule is C=CC(=O)NCCC(=O)OCCCCCCCCCCCCCCCC. The monoisotopic (exact) mass is 367 g/mol. The first-order valence-corrected chi connectivity index (χ1v) is 10.8. The first kappa shape index (κ1) is 24.7. The molecule has 0 saturated carbocycles. The van der Waals surface area contributed by atoms with E-state index in [2.05, 4.69) is 18.8 Å². The van der Waals surface area contributed by atoms with E-state index in [1.807, 2.05) is 0 Å². The Hall–Kier alpha value is -1.32. The molecule has 0 spiro atoms. The molecular weight excluding hydrogens is 326 g/mol. The molecule has 0 atom stereocenters. The van der Waals surface area contributed by atoms with Crippen molar-refractivity contribution < 1.29 is 14.3 Å². The normalized spacial score (nSPS) is 10.5. The van der Waals surface area contributed by atoms with Crippen LogP contribution >= 0.6 is 0 Å². The zero-order valence-electron chi connectivity index (χ0n) is 17.0. The van der Waals surface area contributed by atoms with Crippen LogP contribution in [0.15, 0.2) is 12.7 Å². The summed E-state index contributed by atoms with van der Waals surface area (Å²) in [5.41, 5.74) is 0. The van der Waals surface area contributed by atoms with Crippen molar-refractivity contribution in [3.63, 3.8) is 0 Å². The summed E-state index contributed by atoms with van der Waals surface area (Å²) in [6.07, 6.45) is 19.8. The van der Waals surface area contributed by atoms with Crippen molar-refractivity contribution in [2.45, 2.75) is 103 Å². The second-order valence-corrected chi connectivity index (χ2v) is 7.06. The Labute approximate surface area is 161 Å². The van der Waals surface area contributed by atoms with Crippen LogP contribution in [0.2, 0.25) is 0 Å². The van der Waals surface area contributed by atoms with Crippen LogP contribution in [0, 0.1) is 0 Å². The molecule has 0 radical (unpaired) electrons. The standard InChI is InChI=1S/C22H41NO3/c1-3-5-6-7-8-9-10-11-12-13-14-15-16-17-20-26-22(25)18-19-23-21(24)4-2/h4H,2-3,5-20H2,1H3,(H,23,24). The number of nitrogens with one attached hydrogen (secondary N) is 1. The lowest BCUT2D eigenvalue weighted by Gasteiger charge is -2.05. The van der Waals surface area contributed by atoms with E-state index in [4.69, 9.17) is 4.74 Å². The Kier molecular flexibility index (Phi) is 19.0. The van der Waals surface area contributed by atoms with E-state index < -0.39 is 0 Å². The highest BCUT2D eigenvalue weighted by atomic mass is 16.5. The third kappa shape index (κ3) is 19.0. The molecule has 4 nitrogen and oxygen atoms in total. The highest BCUT2D eigenvalue weighted by Crippen LogP contribution is 2.12. The first-order chi connectivity index (χ1) is 12.7. The highest BCUT2D eigenvalue weighted by molar-refractivity contribution is 5.87. The van der Waals surface area contributed by atoms with Gasteiger partial charge in [0.1, 0.15) is 0 Å².